The van der Waals surface area contributed by atoms with Crippen molar-refractivity contribution in [1.82, 2.24) is 4.31 Å². The van der Waals surface area contributed by atoms with Crippen LogP contribution in [-0.2, 0) is 26.4 Å². The molecule has 0 N–H and O–H groups in total. The van der Waals surface area contributed by atoms with E-state index in [1.165, 1.54) is 16.1 Å². The number of nitrogens with zero attached hydrogens (tertiary/aromatic N) is 1. The quantitative estimate of drug-likeness (QED) is 0.413. The maximum atomic E-state index is 13.5. The third-order valence-electron chi connectivity index (χ3n) is 5.22. The molecule has 1 fully saturated rings. The van der Waals surface area contributed by atoms with Gasteiger partial charge in [-0.05, 0) is 61.9 Å². The van der Waals surface area contributed by atoms with Gasteiger partial charge in [0.05, 0.1) is 22.9 Å². The number of hydrogen-bond donors (Lipinski definition) is 0. The molecule has 32 heavy (non-hydrogen) atoms. The second-order valence-electron chi connectivity index (χ2n) is 7.70. The van der Waals surface area contributed by atoms with Crippen LogP contribution in [0, 0.1) is 6.92 Å². The average molecular weight is 557 g/mol. The van der Waals surface area contributed by atoms with Crippen molar-refractivity contribution in [2.75, 3.05) is 11.5 Å². The van der Waals surface area contributed by atoms with Gasteiger partial charge in [0.2, 0.25) is 10.0 Å². The fourth-order valence-electron chi connectivity index (χ4n) is 3.53. The number of rotatable bonds is 7. The first kappa shape index (κ1) is 23.6. The van der Waals surface area contributed by atoms with Crippen molar-refractivity contribution >= 4 is 47.6 Å². The maximum absolute atomic E-state index is 13.5. The minimum atomic E-state index is -3.91. The van der Waals surface area contributed by atoms with Crippen molar-refractivity contribution in [3.8, 4) is 0 Å². The molecular formula is C22H22BrNO5S3. The van der Waals surface area contributed by atoms with Crippen molar-refractivity contribution in [2.24, 2.45) is 0 Å². The Hall–Kier alpha value is -1.59. The van der Waals surface area contributed by atoms with Crippen molar-refractivity contribution in [2.45, 2.75) is 40.8 Å². The molecular weight excluding hydrogens is 534 g/mol. The monoisotopic (exact) mass is 555 g/mol. The number of sulfonamides is 1. The van der Waals surface area contributed by atoms with Crippen LogP contribution in [0.4, 0.5) is 0 Å². The van der Waals surface area contributed by atoms with E-state index in [0.29, 0.717) is 10.9 Å². The summed E-state index contributed by atoms with van der Waals surface area (Å²) in [5.41, 5.74) is 0.944. The van der Waals surface area contributed by atoms with E-state index in [1.807, 2.05) is 31.2 Å². The zero-order valence-electron chi connectivity index (χ0n) is 17.3. The highest BCUT2D eigenvalue weighted by atomic mass is 79.9. The molecule has 1 atom stereocenters. The summed E-state index contributed by atoms with van der Waals surface area (Å²) in [5.74, 6) is 0.268. The normalized spacial score (nSPS) is 18.3. The number of hydrogen-bond acceptors (Lipinski definition) is 6. The second-order valence-corrected chi connectivity index (χ2v) is 13.8. The molecule has 6 nitrogen and oxygen atoms in total. The topological polar surface area (TPSA) is 84.7 Å². The van der Waals surface area contributed by atoms with Crippen LogP contribution in [-0.4, -0.2) is 38.7 Å². The Bertz CT molecular complexity index is 1300. The Morgan fingerprint density at radius 3 is 2.38 bits per heavy atom. The van der Waals surface area contributed by atoms with Gasteiger partial charge < -0.3 is 4.42 Å². The van der Waals surface area contributed by atoms with Crippen LogP contribution in [0.1, 0.15) is 17.7 Å². The van der Waals surface area contributed by atoms with Crippen LogP contribution in [0.2, 0.25) is 0 Å². The summed E-state index contributed by atoms with van der Waals surface area (Å²) in [7, 11) is -7.17. The summed E-state index contributed by atoms with van der Waals surface area (Å²) < 4.78 is 59.2. The molecule has 4 rings (SSSR count). The third-order valence-corrected chi connectivity index (χ3v) is 10.3. The van der Waals surface area contributed by atoms with Crippen LogP contribution >= 0.6 is 27.7 Å². The van der Waals surface area contributed by atoms with Gasteiger partial charge in [-0.3, -0.25) is 0 Å². The van der Waals surface area contributed by atoms with E-state index in [1.54, 1.807) is 36.4 Å². The minimum absolute atomic E-state index is 0.0135. The van der Waals surface area contributed by atoms with Crippen LogP contribution in [0.25, 0.3) is 0 Å². The summed E-state index contributed by atoms with van der Waals surface area (Å²) in [6.45, 7) is 1.85. The third kappa shape index (κ3) is 5.48. The highest BCUT2D eigenvalue weighted by Crippen LogP contribution is 2.32. The van der Waals surface area contributed by atoms with Crippen LogP contribution in [0.15, 0.2) is 84.4 Å². The van der Waals surface area contributed by atoms with Crippen LogP contribution < -0.4 is 0 Å². The predicted octanol–water partition coefficient (Wildman–Crippen LogP) is 4.88. The SMILES string of the molecule is Cc1ccc(S(=O)(=O)N(Cc2ccc(Sc3ccc(Br)cc3)o2)[C@@H]2CCS(=O)(=O)C2)cc1. The van der Waals surface area contributed by atoms with Gasteiger partial charge in [0.25, 0.3) is 0 Å². The lowest BCUT2D eigenvalue weighted by molar-refractivity contribution is 0.296. The molecule has 3 aromatic rings. The van der Waals surface area contributed by atoms with Crippen molar-refractivity contribution in [3.05, 3.63) is 76.5 Å². The molecule has 0 saturated carbocycles. The molecule has 10 heteroatoms. The number of furan rings is 1. The van der Waals surface area contributed by atoms with E-state index in [4.69, 9.17) is 4.42 Å². The Kier molecular flexibility index (Phi) is 6.88. The minimum Gasteiger partial charge on any atom is -0.453 e. The smallest absolute Gasteiger partial charge is 0.243 e. The van der Waals surface area contributed by atoms with Gasteiger partial charge in [0, 0.05) is 15.4 Å². The number of halogens is 1. The van der Waals surface area contributed by atoms with Crippen molar-refractivity contribution in [3.63, 3.8) is 0 Å². The molecule has 1 aliphatic heterocycles. The molecule has 1 saturated heterocycles. The lowest BCUT2D eigenvalue weighted by Crippen LogP contribution is -2.40. The Morgan fingerprint density at radius 1 is 1.06 bits per heavy atom. The lowest BCUT2D eigenvalue weighted by atomic mass is 10.2. The zero-order chi connectivity index (χ0) is 22.9. The molecule has 0 aliphatic carbocycles. The van der Waals surface area contributed by atoms with E-state index < -0.39 is 25.9 Å². The summed E-state index contributed by atoms with van der Waals surface area (Å²) in [6.07, 6.45) is 0.272. The molecule has 170 valence electrons. The molecule has 0 spiro atoms. The zero-order valence-corrected chi connectivity index (χ0v) is 21.3. The predicted molar refractivity (Wildman–Crippen MR) is 128 cm³/mol. The van der Waals surface area contributed by atoms with E-state index >= 15 is 0 Å². The van der Waals surface area contributed by atoms with Crippen LogP contribution in [0.3, 0.4) is 0 Å². The van der Waals surface area contributed by atoms with Crippen LogP contribution in [0.5, 0.6) is 0 Å². The van der Waals surface area contributed by atoms with E-state index in [-0.39, 0.29) is 29.4 Å². The fourth-order valence-corrected chi connectivity index (χ4v) is 8.03. The molecule has 0 radical (unpaired) electrons. The van der Waals surface area contributed by atoms with E-state index in [2.05, 4.69) is 15.9 Å². The van der Waals surface area contributed by atoms with E-state index in [9.17, 15) is 16.8 Å². The van der Waals surface area contributed by atoms with Crippen molar-refractivity contribution in [1.29, 1.82) is 0 Å². The van der Waals surface area contributed by atoms with Gasteiger partial charge in [-0.1, -0.05) is 45.4 Å². The van der Waals surface area contributed by atoms with E-state index in [0.717, 1.165) is 14.9 Å². The summed E-state index contributed by atoms with van der Waals surface area (Å²) in [5, 5.41) is 0.633. The van der Waals surface area contributed by atoms with Crippen molar-refractivity contribution < 1.29 is 21.3 Å². The fraction of sp³-hybridized carbons (Fsp3) is 0.273. The van der Waals surface area contributed by atoms with Gasteiger partial charge >= 0.3 is 0 Å². The standard InChI is InChI=1S/C22H22BrNO5S3/c1-16-2-9-21(10-3-16)32(27,28)24(18-12-13-31(25,26)15-18)14-19-6-11-22(29-19)30-20-7-4-17(23)5-8-20/h2-11,18H,12-15H2,1H3/t18-/m1/s1. The van der Waals surface area contributed by atoms with Gasteiger partial charge in [-0.25, -0.2) is 16.8 Å². The Labute approximate surface area is 201 Å². The van der Waals surface area contributed by atoms with Gasteiger partial charge in [-0.2, -0.15) is 4.31 Å². The number of aryl methyl sites for hydroxylation is 1. The largest absolute Gasteiger partial charge is 0.453 e. The Balaban J connectivity index is 1.60. The second kappa shape index (κ2) is 9.34. The number of sulfone groups is 1. The average Bonchev–Trinajstić information content (AvgIpc) is 3.33. The first-order valence-electron chi connectivity index (χ1n) is 9.93. The molecule has 0 bridgehead atoms. The molecule has 0 unspecified atom stereocenters. The highest BCUT2D eigenvalue weighted by molar-refractivity contribution is 9.10. The summed E-state index contributed by atoms with van der Waals surface area (Å²) in [6, 6.07) is 17.3. The lowest BCUT2D eigenvalue weighted by Gasteiger charge is -2.26. The van der Waals surface area contributed by atoms with Gasteiger partial charge in [0.15, 0.2) is 14.9 Å². The summed E-state index contributed by atoms with van der Waals surface area (Å²) in [4.78, 5) is 1.13. The first-order chi connectivity index (χ1) is 15.1. The van der Waals surface area contributed by atoms with Gasteiger partial charge in [-0.15, -0.1) is 0 Å². The number of benzene rings is 2. The molecule has 0 amide bonds. The summed E-state index contributed by atoms with van der Waals surface area (Å²) >= 11 is 4.84. The molecule has 2 heterocycles. The Morgan fingerprint density at radius 2 is 1.75 bits per heavy atom. The molecule has 2 aromatic carbocycles. The maximum Gasteiger partial charge on any atom is 0.243 e. The molecule has 1 aromatic heterocycles. The van der Waals surface area contributed by atoms with Gasteiger partial charge in [0.1, 0.15) is 5.76 Å². The molecule has 1 aliphatic rings. The first-order valence-corrected chi connectivity index (χ1v) is 14.8. The highest BCUT2D eigenvalue weighted by Gasteiger charge is 2.39.